The Bertz CT molecular complexity index is 961. The Morgan fingerprint density at radius 2 is 1.82 bits per heavy atom. The smallest absolute Gasteiger partial charge is 0.254 e. The number of hydrogen-bond donors (Lipinski definition) is 1. The number of carbonyl (C=O) groups excluding carboxylic acids is 2. The highest BCUT2D eigenvalue weighted by Crippen LogP contribution is 2.22. The second-order valence-electron chi connectivity index (χ2n) is 6.11. The summed E-state index contributed by atoms with van der Waals surface area (Å²) in [4.78, 5) is 25.8. The van der Waals surface area contributed by atoms with Crippen molar-refractivity contribution in [1.82, 2.24) is 4.90 Å². The largest absolute Gasteiger partial charge is 0.384 e. The molecule has 0 bridgehead atoms. The Morgan fingerprint density at radius 1 is 1.18 bits per heavy atom. The zero-order valence-corrected chi connectivity index (χ0v) is 16.3. The van der Waals surface area contributed by atoms with Crippen LogP contribution in [0.4, 0.5) is 4.39 Å². The van der Waals surface area contributed by atoms with Crippen molar-refractivity contribution < 1.29 is 27.1 Å². The minimum absolute atomic E-state index is 0.0552. The molecule has 150 valence electrons. The van der Waals surface area contributed by atoms with E-state index in [2.05, 4.69) is 0 Å². The molecule has 0 saturated carbocycles. The summed E-state index contributed by atoms with van der Waals surface area (Å²) >= 11 is 0. The van der Waals surface area contributed by atoms with Gasteiger partial charge in [-0.05, 0) is 42.0 Å². The van der Waals surface area contributed by atoms with E-state index in [0.717, 1.165) is 11.0 Å². The molecule has 0 aliphatic heterocycles. The van der Waals surface area contributed by atoms with Crippen molar-refractivity contribution in [3.8, 4) is 0 Å². The van der Waals surface area contributed by atoms with E-state index in [4.69, 9.17) is 10.5 Å². The van der Waals surface area contributed by atoms with E-state index in [1.54, 1.807) is 0 Å². The molecule has 0 spiro atoms. The van der Waals surface area contributed by atoms with Crippen molar-refractivity contribution in [2.45, 2.75) is 10.9 Å². The van der Waals surface area contributed by atoms with E-state index in [0.29, 0.717) is 0 Å². The number of hydrogen-bond acceptors (Lipinski definition) is 5. The summed E-state index contributed by atoms with van der Waals surface area (Å²) in [5.41, 5.74) is 5.82. The van der Waals surface area contributed by atoms with Crippen LogP contribution in [0.25, 0.3) is 0 Å². The maximum absolute atomic E-state index is 13.5. The average Bonchev–Trinajstić information content (AvgIpc) is 2.66. The molecular formula is C19H21FN2O5S. The van der Waals surface area contributed by atoms with Crippen LogP contribution in [-0.2, 0) is 19.4 Å². The molecule has 2 N–H and O–H groups in total. The molecule has 0 fully saturated rings. The third-order valence-electron chi connectivity index (χ3n) is 4.16. The first-order chi connectivity index (χ1) is 13.2. The summed E-state index contributed by atoms with van der Waals surface area (Å²) in [6.45, 7) is 0.0552. The van der Waals surface area contributed by atoms with Crippen LogP contribution in [0.5, 0.6) is 0 Å². The van der Waals surface area contributed by atoms with Gasteiger partial charge in [0.1, 0.15) is 11.9 Å². The highest BCUT2D eigenvalue weighted by molar-refractivity contribution is 7.91. The first-order valence-electron chi connectivity index (χ1n) is 8.31. The molecule has 9 heteroatoms. The minimum Gasteiger partial charge on any atom is -0.384 e. The van der Waals surface area contributed by atoms with Crippen molar-refractivity contribution in [2.24, 2.45) is 5.73 Å². The fraction of sp³-hybridized carbons (Fsp3) is 0.263. The van der Waals surface area contributed by atoms with Crippen LogP contribution in [0, 0.1) is 5.82 Å². The van der Waals surface area contributed by atoms with E-state index >= 15 is 0 Å². The summed E-state index contributed by atoms with van der Waals surface area (Å²) < 4.78 is 42.6. The van der Waals surface area contributed by atoms with Gasteiger partial charge in [0.05, 0.1) is 17.3 Å². The molecule has 28 heavy (non-hydrogen) atoms. The topological polar surface area (TPSA) is 107 Å². The van der Waals surface area contributed by atoms with Gasteiger partial charge in [-0.25, -0.2) is 12.8 Å². The van der Waals surface area contributed by atoms with Crippen LogP contribution in [0.3, 0.4) is 0 Å². The van der Waals surface area contributed by atoms with Crippen molar-refractivity contribution in [1.29, 1.82) is 0 Å². The predicted octanol–water partition coefficient (Wildman–Crippen LogP) is 1.54. The first kappa shape index (κ1) is 21.5. The Kier molecular flexibility index (Phi) is 6.87. The van der Waals surface area contributed by atoms with Crippen LogP contribution in [0.1, 0.15) is 22.0 Å². The number of nitrogens with zero attached hydrogens (tertiary/aromatic N) is 1. The summed E-state index contributed by atoms with van der Waals surface area (Å²) in [5.74, 6) is -2.12. The number of amides is 2. The number of likely N-dealkylation sites (N-methyl/N-ethyl adjacent to an activating group) is 1. The monoisotopic (exact) mass is 408 g/mol. The number of nitrogens with two attached hydrogens (primary N) is 1. The molecule has 2 rings (SSSR count). The van der Waals surface area contributed by atoms with E-state index in [1.807, 2.05) is 0 Å². The SMILES string of the molecule is COCCS(=O)(=O)c1ccc(C(=O)N(C)C(C(N)=O)c2cccc(F)c2)cc1. The van der Waals surface area contributed by atoms with Gasteiger partial charge in [-0.2, -0.15) is 0 Å². The Labute approximate surface area is 162 Å². The standard InChI is InChI=1S/C19H21FN2O5S/c1-22(17(18(21)23)14-4-3-5-15(20)12-14)19(24)13-6-8-16(9-7-13)28(25,26)11-10-27-2/h3-9,12,17H,10-11H2,1-2H3,(H2,21,23). The molecule has 2 aromatic carbocycles. The molecular weight excluding hydrogens is 387 g/mol. The first-order valence-corrected chi connectivity index (χ1v) is 9.96. The Hall–Kier alpha value is -2.78. The number of rotatable bonds is 8. The van der Waals surface area contributed by atoms with E-state index in [1.165, 1.54) is 56.6 Å². The van der Waals surface area contributed by atoms with Gasteiger partial charge in [-0.15, -0.1) is 0 Å². The van der Waals surface area contributed by atoms with Crippen LogP contribution in [0.15, 0.2) is 53.4 Å². The Balaban J connectivity index is 2.27. The van der Waals surface area contributed by atoms with Gasteiger partial charge in [-0.1, -0.05) is 12.1 Å². The minimum atomic E-state index is -3.53. The van der Waals surface area contributed by atoms with Gasteiger partial charge < -0.3 is 15.4 Å². The fourth-order valence-corrected chi connectivity index (χ4v) is 3.86. The predicted molar refractivity (Wildman–Crippen MR) is 101 cm³/mol. The van der Waals surface area contributed by atoms with E-state index in [9.17, 15) is 22.4 Å². The normalized spacial score (nSPS) is 12.4. The molecule has 0 radical (unpaired) electrons. The molecule has 0 aliphatic rings. The lowest BCUT2D eigenvalue weighted by Crippen LogP contribution is -2.39. The number of carbonyl (C=O) groups is 2. The summed E-state index contributed by atoms with van der Waals surface area (Å²) in [5, 5.41) is 0. The van der Waals surface area contributed by atoms with Crippen LogP contribution >= 0.6 is 0 Å². The molecule has 0 heterocycles. The number of ether oxygens (including phenoxy) is 1. The van der Waals surface area contributed by atoms with Gasteiger partial charge in [0.15, 0.2) is 9.84 Å². The lowest BCUT2D eigenvalue weighted by atomic mass is 10.0. The van der Waals surface area contributed by atoms with Gasteiger partial charge in [0.2, 0.25) is 5.91 Å². The maximum Gasteiger partial charge on any atom is 0.254 e. The van der Waals surface area contributed by atoms with Crippen molar-refractivity contribution in [3.05, 3.63) is 65.5 Å². The Morgan fingerprint density at radius 3 is 2.36 bits per heavy atom. The highest BCUT2D eigenvalue weighted by atomic mass is 32.2. The molecule has 1 atom stereocenters. The molecule has 2 amide bonds. The molecule has 2 aromatic rings. The van der Waals surface area contributed by atoms with Crippen LogP contribution < -0.4 is 5.73 Å². The number of benzene rings is 2. The maximum atomic E-state index is 13.5. The van der Waals surface area contributed by atoms with Crippen molar-refractivity contribution in [3.63, 3.8) is 0 Å². The summed E-state index contributed by atoms with van der Waals surface area (Å²) in [7, 11) is -0.758. The van der Waals surface area contributed by atoms with Gasteiger partial charge in [-0.3, -0.25) is 9.59 Å². The lowest BCUT2D eigenvalue weighted by molar-refractivity contribution is -0.122. The molecule has 7 nitrogen and oxygen atoms in total. The quantitative estimate of drug-likeness (QED) is 0.713. The lowest BCUT2D eigenvalue weighted by Gasteiger charge is -2.26. The van der Waals surface area contributed by atoms with Crippen molar-refractivity contribution >= 4 is 21.7 Å². The van der Waals surface area contributed by atoms with Crippen LogP contribution in [0.2, 0.25) is 0 Å². The molecule has 0 aliphatic carbocycles. The van der Waals surface area contributed by atoms with Gasteiger partial charge in [0.25, 0.3) is 5.91 Å². The second-order valence-corrected chi connectivity index (χ2v) is 8.22. The van der Waals surface area contributed by atoms with Gasteiger partial charge in [0, 0.05) is 19.7 Å². The third kappa shape index (κ3) is 4.93. The highest BCUT2D eigenvalue weighted by Gasteiger charge is 2.28. The van der Waals surface area contributed by atoms with E-state index in [-0.39, 0.29) is 28.4 Å². The van der Waals surface area contributed by atoms with Gasteiger partial charge >= 0.3 is 0 Å². The fourth-order valence-electron chi connectivity index (χ4n) is 2.69. The molecule has 1 unspecified atom stereocenters. The summed E-state index contributed by atoms with van der Waals surface area (Å²) in [6, 6.07) is 9.41. The summed E-state index contributed by atoms with van der Waals surface area (Å²) in [6.07, 6.45) is 0. The van der Waals surface area contributed by atoms with Crippen molar-refractivity contribution in [2.75, 3.05) is 26.5 Å². The average molecular weight is 408 g/mol. The zero-order chi connectivity index (χ0) is 20.9. The van der Waals surface area contributed by atoms with E-state index < -0.39 is 33.5 Å². The second kappa shape index (κ2) is 8.94. The molecule has 0 saturated heterocycles. The van der Waals surface area contributed by atoms with Crippen LogP contribution in [-0.4, -0.2) is 51.6 Å². The number of sulfone groups is 1. The number of methoxy groups -OCH3 is 1. The number of halogens is 1. The number of primary amides is 1. The third-order valence-corrected chi connectivity index (χ3v) is 5.85. The molecule has 0 aromatic heterocycles. The zero-order valence-electron chi connectivity index (χ0n) is 15.5.